The van der Waals surface area contributed by atoms with Crippen molar-refractivity contribution in [1.29, 1.82) is 0 Å². The molecule has 8 nitrogen and oxygen atoms in total. The van der Waals surface area contributed by atoms with Crippen LogP contribution in [-0.4, -0.2) is 56.6 Å². The Bertz CT molecular complexity index is 1100. The molecule has 4 heterocycles. The molecule has 0 atom stereocenters. The van der Waals surface area contributed by atoms with E-state index in [1.54, 1.807) is 23.4 Å². The first-order chi connectivity index (χ1) is 15.0. The van der Waals surface area contributed by atoms with Gasteiger partial charge in [0.15, 0.2) is 0 Å². The van der Waals surface area contributed by atoms with E-state index >= 15 is 0 Å². The second kappa shape index (κ2) is 7.61. The molecule has 5 rings (SSSR count). The van der Waals surface area contributed by atoms with E-state index in [-0.39, 0.29) is 30.3 Å². The fourth-order valence-electron chi connectivity index (χ4n) is 4.27. The lowest BCUT2D eigenvalue weighted by molar-refractivity contribution is -0.138. The molecule has 1 saturated carbocycles. The predicted molar refractivity (Wildman–Crippen MR) is 114 cm³/mol. The Kier molecular flexibility index (Phi) is 4.77. The zero-order valence-electron chi connectivity index (χ0n) is 17.3. The van der Waals surface area contributed by atoms with Crippen LogP contribution in [0.4, 0.5) is 5.69 Å². The number of anilines is 1. The highest BCUT2D eigenvalue weighted by atomic mass is 16.2. The molecule has 0 unspecified atom stereocenters. The molecule has 1 aliphatic carbocycles. The SMILES string of the molecule is Cc1ncccc1-c1ccc(NC(=O)CN2CCCC3=C2C(=O)N(C2CC2)C3=O)cn1. The van der Waals surface area contributed by atoms with E-state index in [4.69, 9.17) is 0 Å². The maximum atomic E-state index is 12.8. The minimum Gasteiger partial charge on any atom is -0.357 e. The Balaban J connectivity index is 1.27. The third kappa shape index (κ3) is 3.58. The molecule has 0 bridgehead atoms. The zero-order valence-corrected chi connectivity index (χ0v) is 17.3. The first-order valence-electron chi connectivity index (χ1n) is 10.6. The molecular weight excluding hydrogens is 394 g/mol. The van der Waals surface area contributed by atoms with Gasteiger partial charge in [-0.15, -0.1) is 0 Å². The predicted octanol–water partition coefficient (Wildman–Crippen LogP) is 2.27. The van der Waals surface area contributed by atoms with Gasteiger partial charge in [0.1, 0.15) is 5.70 Å². The van der Waals surface area contributed by atoms with Crippen LogP contribution in [0.2, 0.25) is 0 Å². The van der Waals surface area contributed by atoms with Crippen molar-refractivity contribution >= 4 is 23.4 Å². The number of aryl methyl sites for hydroxylation is 1. The van der Waals surface area contributed by atoms with E-state index in [9.17, 15) is 14.4 Å². The summed E-state index contributed by atoms with van der Waals surface area (Å²) in [5.41, 5.74) is 4.17. The van der Waals surface area contributed by atoms with Gasteiger partial charge in [-0.2, -0.15) is 0 Å². The second-order valence-corrected chi connectivity index (χ2v) is 8.18. The van der Waals surface area contributed by atoms with Crippen LogP contribution in [0.5, 0.6) is 0 Å². The van der Waals surface area contributed by atoms with Gasteiger partial charge in [-0.1, -0.05) is 0 Å². The van der Waals surface area contributed by atoms with E-state index in [2.05, 4.69) is 15.3 Å². The number of pyridine rings is 2. The summed E-state index contributed by atoms with van der Waals surface area (Å²) >= 11 is 0. The maximum absolute atomic E-state index is 12.8. The first-order valence-corrected chi connectivity index (χ1v) is 10.6. The highest BCUT2D eigenvalue weighted by Crippen LogP contribution is 2.38. The minimum atomic E-state index is -0.244. The smallest absolute Gasteiger partial charge is 0.277 e. The molecule has 2 aromatic heterocycles. The zero-order chi connectivity index (χ0) is 21.5. The summed E-state index contributed by atoms with van der Waals surface area (Å²) in [6.07, 6.45) is 6.45. The van der Waals surface area contributed by atoms with E-state index in [0.29, 0.717) is 29.9 Å². The van der Waals surface area contributed by atoms with Crippen LogP contribution in [-0.2, 0) is 14.4 Å². The number of amides is 3. The summed E-state index contributed by atoms with van der Waals surface area (Å²) in [7, 11) is 0. The average molecular weight is 417 g/mol. The first kappa shape index (κ1) is 19.4. The number of carbonyl (C=O) groups excluding carboxylic acids is 3. The van der Waals surface area contributed by atoms with Gasteiger partial charge in [0.25, 0.3) is 11.8 Å². The molecule has 1 fully saturated rings. The third-order valence-corrected chi connectivity index (χ3v) is 5.93. The lowest BCUT2D eigenvalue weighted by Gasteiger charge is -2.28. The van der Waals surface area contributed by atoms with Crippen molar-refractivity contribution < 1.29 is 14.4 Å². The molecule has 0 radical (unpaired) electrons. The number of rotatable bonds is 5. The van der Waals surface area contributed by atoms with Crippen LogP contribution in [0.15, 0.2) is 47.9 Å². The molecule has 0 aromatic carbocycles. The van der Waals surface area contributed by atoms with Gasteiger partial charge in [-0.25, -0.2) is 0 Å². The molecular formula is C23H23N5O3. The van der Waals surface area contributed by atoms with E-state index < -0.39 is 0 Å². The summed E-state index contributed by atoms with van der Waals surface area (Å²) in [5.74, 6) is -0.656. The molecule has 0 spiro atoms. The van der Waals surface area contributed by atoms with Crippen molar-refractivity contribution in [3.05, 3.63) is 53.6 Å². The summed E-state index contributed by atoms with van der Waals surface area (Å²) < 4.78 is 0. The lowest BCUT2D eigenvalue weighted by Crippen LogP contribution is -2.40. The fraction of sp³-hybridized carbons (Fsp3) is 0.348. The van der Waals surface area contributed by atoms with Gasteiger partial charge in [0, 0.05) is 35.6 Å². The molecule has 31 heavy (non-hydrogen) atoms. The fourth-order valence-corrected chi connectivity index (χ4v) is 4.27. The van der Waals surface area contributed by atoms with Crippen molar-refractivity contribution in [2.45, 2.75) is 38.6 Å². The molecule has 1 N–H and O–H groups in total. The molecule has 8 heteroatoms. The summed E-state index contributed by atoms with van der Waals surface area (Å²) in [4.78, 5) is 50.0. The third-order valence-electron chi connectivity index (χ3n) is 5.93. The van der Waals surface area contributed by atoms with Gasteiger partial charge in [0.2, 0.25) is 5.91 Å². The monoisotopic (exact) mass is 417 g/mol. The Hall–Kier alpha value is -3.55. The van der Waals surface area contributed by atoms with Crippen molar-refractivity contribution in [2.24, 2.45) is 0 Å². The van der Waals surface area contributed by atoms with Gasteiger partial charge in [-0.3, -0.25) is 29.3 Å². The van der Waals surface area contributed by atoms with Crippen LogP contribution >= 0.6 is 0 Å². The second-order valence-electron chi connectivity index (χ2n) is 8.18. The standard InChI is InChI=1S/C23H23N5O3/c1-14-17(4-2-10-24-14)19-9-6-15(12-25-19)26-20(29)13-27-11-3-5-18-21(27)23(31)28(22(18)30)16-7-8-16/h2,4,6,9-10,12,16H,3,5,7-8,11,13H2,1H3,(H,26,29). The Morgan fingerprint density at radius 2 is 2.00 bits per heavy atom. The Labute approximate surface area is 180 Å². The summed E-state index contributed by atoms with van der Waals surface area (Å²) in [6.45, 7) is 2.54. The van der Waals surface area contributed by atoms with Crippen molar-refractivity contribution in [2.75, 3.05) is 18.4 Å². The van der Waals surface area contributed by atoms with E-state index in [1.165, 1.54) is 4.90 Å². The number of nitrogens with zero attached hydrogens (tertiary/aromatic N) is 4. The van der Waals surface area contributed by atoms with Gasteiger partial charge >= 0.3 is 0 Å². The van der Waals surface area contributed by atoms with Crippen LogP contribution in [0.1, 0.15) is 31.4 Å². The molecule has 158 valence electrons. The summed E-state index contributed by atoms with van der Waals surface area (Å²) in [5, 5.41) is 2.84. The normalized spacial score (nSPS) is 18.5. The molecule has 0 saturated heterocycles. The minimum absolute atomic E-state index is 0.0276. The largest absolute Gasteiger partial charge is 0.357 e. The van der Waals surface area contributed by atoms with Gasteiger partial charge < -0.3 is 10.2 Å². The Morgan fingerprint density at radius 3 is 2.71 bits per heavy atom. The van der Waals surface area contributed by atoms with Crippen molar-refractivity contribution in [3.8, 4) is 11.3 Å². The topological polar surface area (TPSA) is 95.5 Å². The van der Waals surface area contributed by atoms with E-state index in [0.717, 1.165) is 36.2 Å². The van der Waals surface area contributed by atoms with Gasteiger partial charge in [-0.05, 0) is 56.9 Å². The highest BCUT2D eigenvalue weighted by Gasteiger charge is 2.48. The number of hydrogen-bond acceptors (Lipinski definition) is 6. The lowest BCUT2D eigenvalue weighted by atomic mass is 10.0. The number of nitrogens with one attached hydrogen (secondary N) is 1. The highest BCUT2D eigenvalue weighted by molar-refractivity contribution is 6.19. The number of carbonyl (C=O) groups is 3. The van der Waals surface area contributed by atoms with Crippen molar-refractivity contribution in [3.63, 3.8) is 0 Å². The molecule has 3 amide bonds. The molecule has 2 aromatic rings. The van der Waals surface area contributed by atoms with E-state index in [1.807, 2.05) is 25.1 Å². The summed E-state index contributed by atoms with van der Waals surface area (Å²) in [6, 6.07) is 7.49. The molecule has 3 aliphatic rings. The quantitative estimate of drug-likeness (QED) is 0.750. The maximum Gasteiger partial charge on any atom is 0.277 e. The van der Waals surface area contributed by atoms with Crippen LogP contribution in [0, 0.1) is 6.92 Å². The number of imide groups is 1. The van der Waals surface area contributed by atoms with Crippen LogP contribution < -0.4 is 5.32 Å². The van der Waals surface area contributed by atoms with Crippen LogP contribution in [0.3, 0.4) is 0 Å². The number of hydrogen-bond donors (Lipinski definition) is 1. The van der Waals surface area contributed by atoms with Crippen LogP contribution in [0.25, 0.3) is 11.3 Å². The van der Waals surface area contributed by atoms with Crippen molar-refractivity contribution in [1.82, 2.24) is 19.8 Å². The Morgan fingerprint density at radius 1 is 1.16 bits per heavy atom. The molecule has 2 aliphatic heterocycles. The van der Waals surface area contributed by atoms with Gasteiger partial charge in [0.05, 0.1) is 24.1 Å². The average Bonchev–Trinajstić information content (AvgIpc) is 3.56. The number of aromatic nitrogens is 2.